The maximum absolute atomic E-state index is 12.0. The van der Waals surface area contributed by atoms with Crippen LogP contribution in [0, 0.1) is 0 Å². The van der Waals surface area contributed by atoms with Crippen molar-refractivity contribution in [1.82, 2.24) is 5.32 Å². The van der Waals surface area contributed by atoms with Crippen molar-refractivity contribution in [2.24, 2.45) is 0 Å². The molecule has 0 aliphatic carbocycles. The Balaban J connectivity index is 1.50. The summed E-state index contributed by atoms with van der Waals surface area (Å²) in [6.07, 6.45) is 0.119. The van der Waals surface area contributed by atoms with Crippen molar-refractivity contribution in [3.8, 4) is 17.2 Å². The molecule has 0 atom stereocenters. The largest absolute Gasteiger partial charge is 0.491 e. The fourth-order valence-electron chi connectivity index (χ4n) is 2.30. The molecular weight excluding hydrogens is 308 g/mol. The van der Waals surface area contributed by atoms with Gasteiger partial charge < -0.3 is 24.8 Å². The number of carbonyl (C=O) groups is 1. The number of nitrogens with one attached hydrogen (secondary N) is 2. The van der Waals surface area contributed by atoms with Gasteiger partial charge in [-0.2, -0.15) is 0 Å². The fraction of sp³-hybridized carbons (Fsp3) is 0.278. The molecule has 0 saturated carbocycles. The van der Waals surface area contributed by atoms with E-state index in [1.54, 1.807) is 12.1 Å². The molecule has 2 aromatic carbocycles. The zero-order valence-corrected chi connectivity index (χ0v) is 13.7. The molecule has 6 heteroatoms. The molecule has 1 aliphatic heterocycles. The lowest BCUT2D eigenvalue weighted by molar-refractivity contribution is 0.174. The molecule has 3 rings (SSSR count). The minimum atomic E-state index is -0.273. The van der Waals surface area contributed by atoms with Crippen LogP contribution in [-0.4, -0.2) is 18.9 Å². The number of anilines is 1. The normalized spacial score (nSPS) is 12.1. The smallest absolute Gasteiger partial charge is 0.319 e. The Kier molecular flexibility index (Phi) is 4.74. The van der Waals surface area contributed by atoms with E-state index in [4.69, 9.17) is 14.2 Å². The van der Waals surface area contributed by atoms with Crippen molar-refractivity contribution in [3.63, 3.8) is 0 Å². The summed E-state index contributed by atoms with van der Waals surface area (Å²) in [4.78, 5) is 12.0. The highest BCUT2D eigenvalue weighted by molar-refractivity contribution is 5.89. The van der Waals surface area contributed by atoms with Gasteiger partial charge in [-0.1, -0.05) is 6.07 Å². The van der Waals surface area contributed by atoms with Crippen LogP contribution >= 0.6 is 0 Å². The molecule has 0 aromatic heterocycles. The van der Waals surface area contributed by atoms with Gasteiger partial charge in [0.15, 0.2) is 11.5 Å². The van der Waals surface area contributed by atoms with Crippen molar-refractivity contribution in [2.45, 2.75) is 26.5 Å². The Morgan fingerprint density at radius 3 is 2.62 bits per heavy atom. The molecule has 24 heavy (non-hydrogen) atoms. The number of hydrogen-bond acceptors (Lipinski definition) is 4. The minimum absolute atomic E-state index is 0.119. The first kappa shape index (κ1) is 16.0. The Labute approximate surface area is 140 Å². The van der Waals surface area contributed by atoms with E-state index in [-0.39, 0.29) is 18.9 Å². The summed E-state index contributed by atoms with van der Waals surface area (Å²) in [6, 6.07) is 12.6. The highest BCUT2D eigenvalue weighted by Gasteiger charge is 2.13. The zero-order chi connectivity index (χ0) is 16.9. The summed E-state index contributed by atoms with van der Waals surface area (Å²) in [5.74, 6) is 2.21. The first-order valence-electron chi connectivity index (χ1n) is 7.80. The van der Waals surface area contributed by atoms with Crippen LogP contribution in [0.2, 0.25) is 0 Å². The average molecular weight is 328 g/mol. The summed E-state index contributed by atoms with van der Waals surface area (Å²) in [5.41, 5.74) is 1.64. The molecule has 1 heterocycles. The van der Waals surface area contributed by atoms with Crippen molar-refractivity contribution in [2.75, 3.05) is 12.1 Å². The van der Waals surface area contributed by atoms with E-state index in [1.165, 1.54) is 0 Å². The minimum Gasteiger partial charge on any atom is -0.491 e. The van der Waals surface area contributed by atoms with Crippen molar-refractivity contribution in [1.29, 1.82) is 0 Å². The van der Waals surface area contributed by atoms with Crippen LogP contribution in [0.4, 0.5) is 10.5 Å². The first-order chi connectivity index (χ1) is 11.6. The fourth-order valence-corrected chi connectivity index (χ4v) is 2.30. The van der Waals surface area contributed by atoms with Gasteiger partial charge in [-0.25, -0.2) is 4.79 Å². The summed E-state index contributed by atoms with van der Waals surface area (Å²) in [7, 11) is 0. The first-order valence-corrected chi connectivity index (χ1v) is 7.80. The van der Waals surface area contributed by atoms with E-state index in [0.717, 1.165) is 17.1 Å². The van der Waals surface area contributed by atoms with Crippen molar-refractivity contribution >= 4 is 11.7 Å². The van der Waals surface area contributed by atoms with E-state index in [2.05, 4.69) is 10.6 Å². The van der Waals surface area contributed by atoms with Gasteiger partial charge in [0.1, 0.15) is 5.75 Å². The van der Waals surface area contributed by atoms with E-state index >= 15 is 0 Å². The second-order valence-corrected chi connectivity index (χ2v) is 5.69. The second-order valence-electron chi connectivity index (χ2n) is 5.69. The molecule has 0 fully saturated rings. The standard InChI is InChI=1S/C18H20N2O4/c1-12(2)24-15-6-4-14(5-7-15)20-18(21)19-10-13-3-8-16-17(9-13)23-11-22-16/h3-9,12H,10-11H2,1-2H3,(H2,19,20,21). The highest BCUT2D eigenvalue weighted by atomic mass is 16.7. The Morgan fingerprint density at radius 2 is 1.88 bits per heavy atom. The van der Waals surface area contributed by atoms with Gasteiger partial charge in [-0.05, 0) is 55.8 Å². The number of ether oxygens (including phenoxy) is 3. The maximum atomic E-state index is 12.0. The predicted octanol–water partition coefficient (Wildman–Crippen LogP) is 3.52. The number of benzene rings is 2. The SMILES string of the molecule is CC(C)Oc1ccc(NC(=O)NCc2ccc3c(c2)OCO3)cc1. The number of rotatable bonds is 5. The quantitative estimate of drug-likeness (QED) is 0.881. The third-order valence-corrected chi connectivity index (χ3v) is 3.37. The van der Waals surface area contributed by atoms with Gasteiger partial charge in [-0.15, -0.1) is 0 Å². The molecule has 0 saturated heterocycles. The maximum Gasteiger partial charge on any atom is 0.319 e. The van der Waals surface area contributed by atoms with Gasteiger partial charge >= 0.3 is 6.03 Å². The van der Waals surface area contributed by atoms with E-state index in [1.807, 2.05) is 44.2 Å². The van der Waals surface area contributed by atoms with Crippen LogP contribution in [0.15, 0.2) is 42.5 Å². The number of carbonyl (C=O) groups excluding carboxylic acids is 1. The topological polar surface area (TPSA) is 68.8 Å². The van der Waals surface area contributed by atoms with Crippen LogP contribution in [0.1, 0.15) is 19.4 Å². The molecule has 2 amide bonds. The Bertz CT molecular complexity index is 713. The monoisotopic (exact) mass is 328 g/mol. The molecule has 2 N–H and O–H groups in total. The third-order valence-electron chi connectivity index (χ3n) is 3.37. The molecular formula is C18H20N2O4. The molecule has 0 unspecified atom stereocenters. The molecule has 0 radical (unpaired) electrons. The lowest BCUT2D eigenvalue weighted by Crippen LogP contribution is -2.28. The van der Waals surface area contributed by atoms with Crippen LogP contribution in [0.25, 0.3) is 0 Å². The molecule has 1 aliphatic rings. The molecule has 126 valence electrons. The summed E-state index contributed by atoms with van der Waals surface area (Å²) in [5, 5.41) is 5.59. The molecule has 0 bridgehead atoms. The highest BCUT2D eigenvalue weighted by Crippen LogP contribution is 2.32. The van der Waals surface area contributed by atoms with Crippen molar-refractivity contribution < 1.29 is 19.0 Å². The lowest BCUT2D eigenvalue weighted by atomic mass is 10.2. The van der Waals surface area contributed by atoms with Gasteiger partial charge in [0.05, 0.1) is 6.10 Å². The molecule has 0 spiro atoms. The number of fused-ring (bicyclic) bond motifs is 1. The predicted molar refractivity (Wildman–Crippen MR) is 90.6 cm³/mol. The number of amides is 2. The summed E-state index contributed by atoms with van der Waals surface area (Å²) >= 11 is 0. The lowest BCUT2D eigenvalue weighted by Gasteiger charge is -2.11. The number of hydrogen-bond donors (Lipinski definition) is 2. The van der Waals surface area contributed by atoms with Crippen LogP contribution in [-0.2, 0) is 6.54 Å². The molecule has 2 aromatic rings. The van der Waals surface area contributed by atoms with Gasteiger partial charge in [0, 0.05) is 12.2 Å². The van der Waals surface area contributed by atoms with Gasteiger partial charge in [0.25, 0.3) is 0 Å². The summed E-state index contributed by atoms with van der Waals surface area (Å²) in [6.45, 7) is 4.58. The van der Waals surface area contributed by atoms with Crippen molar-refractivity contribution in [3.05, 3.63) is 48.0 Å². The third kappa shape index (κ3) is 4.10. The van der Waals surface area contributed by atoms with Crippen LogP contribution in [0.3, 0.4) is 0 Å². The van der Waals surface area contributed by atoms with E-state index < -0.39 is 0 Å². The van der Waals surface area contributed by atoms with E-state index in [0.29, 0.717) is 18.0 Å². The number of urea groups is 1. The second kappa shape index (κ2) is 7.12. The van der Waals surface area contributed by atoms with E-state index in [9.17, 15) is 4.79 Å². The molecule has 6 nitrogen and oxygen atoms in total. The Morgan fingerprint density at radius 1 is 1.12 bits per heavy atom. The summed E-state index contributed by atoms with van der Waals surface area (Å²) < 4.78 is 16.1. The average Bonchev–Trinajstić information content (AvgIpc) is 3.02. The van der Waals surface area contributed by atoms with Gasteiger partial charge in [-0.3, -0.25) is 0 Å². The van der Waals surface area contributed by atoms with Gasteiger partial charge in [0.2, 0.25) is 6.79 Å². The van der Waals surface area contributed by atoms with Crippen LogP contribution in [0.5, 0.6) is 17.2 Å². The Hall–Kier alpha value is -2.89. The zero-order valence-electron chi connectivity index (χ0n) is 13.7. The van der Waals surface area contributed by atoms with Crippen LogP contribution < -0.4 is 24.8 Å².